The predicted molar refractivity (Wildman–Crippen MR) is 82.0 cm³/mol. The summed E-state index contributed by atoms with van der Waals surface area (Å²) >= 11 is 0. The van der Waals surface area contributed by atoms with Crippen molar-refractivity contribution in [2.75, 3.05) is 24.2 Å². The predicted octanol–water partition coefficient (Wildman–Crippen LogP) is 2.45. The fourth-order valence-corrected chi connectivity index (χ4v) is 1.96. The third kappa shape index (κ3) is 3.66. The van der Waals surface area contributed by atoms with Gasteiger partial charge in [-0.2, -0.15) is 5.10 Å². The average Bonchev–Trinajstić information content (AvgIpc) is 2.85. The Morgan fingerprint density at radius 2 is 2.20 bits per heavy atom. The molecule has 0 aliphatic carbocycles. The second kappa shape index (κ2) is 6.84. The standard InChI is InChI=1S/C15H22N4O/c1-3-11-20-14-6-4-5-13(15(14)16)17-9-7-12-8-10-19(2)18-12/h4-6,8,10,17H,3,7,9,11,16H2,1-2H3. The van der Waals surface area contributed by atoms with Crippen LogP contribution in [-0.4, -0.2) is 22.9 Å². The average molecular weight is 274 g/mol. The lowest BCUT2D eigenvalue weighted by molar-refractivity contribution is 0.319. The number of aryl methyl sites for hydroxylation is 1. The van der Waals surface area contributed by atoms with Crippen LogP contribution in [0.4, 0.5) is 11.4 Å². The third-order valence-corrected chi connectivity index (χ3v) is 2.99. The van der Waals surface area contributed by atoms with Crippen LogP contribution in [0.15, 0.2) is 30.5 Å². The monoisotopic (exact) mass is 274 g/mol. The lowest BCUT2D eigenvalue weighted by Crippen LogP contribution is -2.08. The lowest BCUT2D eigenvalue weighted by atomic mass is 10.2. The van der Waals surface area contributed by atoms with Crippen LogP contribution >= 0.6 is 0 Å². The molecule has 5 nitrogen and oxygen atoms in total. The van der Waals surface area contributed by atoms with E-state index >= 15 is 0 Å². The summed E-state index contributed by atoms with van der Waals surface area (Å²) in [5.74, 6) is 0.745. The van der Waals surface area contributed by atoms with Gasteiger partial charge >= 0.3 is 0 Å². The van der Waals surface area contributed by atoms with Crippen LogP contribution in [0.25, 0.3) is 0 Å². The van der Waals surface area contributed by atoms with E-state index in [-0.39, 0.29) is 0 Å². The highest BCUT2D eigenvalue weighted by Crippen LogP contribution is 2.29. The molecule has 0 atom stereocenters. The number of aromatic nitrogens is 2. The zero-order valence-electron chi connectivity index (χ0n) is 12.1. The molecule has 0 spiro atoms. The van der Waals surface area contributed by atoms with E-state index in [4.69, 9.17) is 10.5 Å². The first kappa shape index (κ1) is 14.2. The van der Waals surface area contributed by atoms with Crippen LogP contribution in [0.1, 0.15) is 19.0 Å². The molecule has 0 aliphatic heterocycles. The SMILES string of the molecule is CCCOc1cccc(NCCc2ccn(C)n2)c1N. The minimum Gasteiger partial charge on any atom is -0.491 e. The topological polar surface area (TPSA) is 65.1 Å². The van der Waals surface area contributed by atoms with Crippen molar-refractivity contribution in [3.05, 3.63) is 36.2 Å². The molecule has 0 amide bonds. The van der Waals surface area contributed by atoms with Gasteiger partial charge in [-0.3, -0.25) is 4.68 Å². The maximum Gasteiger partial charge on any atom is 0.144 e. The molecule has 20 heavy (non-hydrogen) atoms. The molecule has 0 unspecified atom stereocenters. The van der Waals surface area contributed by atoms with Gasteiger partial charge < -0.3 is 15.8 Å². The molecule has 0 radical (unpaired) electrons. The van der Waals surface area contributed by atoms with Crippen LogP contribution in [0.3, 0.4) is 0 Å². The van der Waals surface area contributed by atoms with Gasteiger partial charge in [0.2, 0.25) is 0 Å². The maximum absolute atomic E-state index is 6.10. The van der Waals surface area contributed by atoms with E-state index in [1.165, 1.54) is 0 Å². The number of ether oxygens (including phenoxy) is 1. The molecule has 1 heterocycles. The van der Waals surface area contributed by atoms with Crippen LogP contribution in [-0.2, 0) is 13.5 Å². The Labute approximate surface area is 119 Å². The van der Waals surface area contributed by atoms with Crippen molar-refractivity contribution in [3.8, 4) is 5.75 Å². The van der Waals surface area contributed by atoms with Gasteiger partial charge in [0, 0.05) is 26.2 Å². The normalized spacial score (nSPS) is 10.5. The number of anilines is 2. The summed E-state index contributed by atoms with van der Waals surface area (Å²) in [6.07, 6.45) is 3.78. The van der Waals surface area contributed by atoms with Crippen LogP contribution < -0.4 is 15.8 Å². The fraction of sp³-hybridized carbons (Fsp3) is 0.400. The summed E-state index contributed by atoms with van der Waals surface area (Å²) in [6, 6.07) is 7.83. The van der Waals surface area contributed by atoms with Crippen molar-refractivity contribution >= 4 is 11.4 Å². The molecule has 3 N–H and O–H groups in total. The van der Waals surface area contributed by atoms with Gasteiger partial charge in [0.05, 0.1) is 23.7 Å². The summed E-state index contributed by atoms with van der Waals surface area (Å²) in [7, 11) is 1.92. The summed E-state index contributed by atoms with van der Waals surface area (Å²) in [5.41, 5.74) is 8.75. The van der Waals surface area contributed by atoms with Crippen molar-refractivity contribution in [2.24, 2.45) is 7.05 Å². The molecule has 0 bridgehead atoms. The molecular weight excluding hydrogens is 252 g/mol. The number of hydrogen-bond donors (Lipinski definition) is 2. The Morgan fingerprint density at radius 3 is 2.90 bits per heavy atom. The second-order valence-electron chi connectivity index (χ2n) is 4.72. The minimum absolute atomic E-state index is 0.668. The van der Waals surface area contributed by atoms with E-state index in [1.807, 2.05) is 42.2 Å². The smallest absolute Gasteiger partial charge is 0.144 e. The lowest BCUT2D eigenvalue weighted by Gasteiger charge is -2.13. The molecule has 108 valence electrons. The molecule has 1 aromatic heterocycles. The molecule has 2 rings (SSSR count). The van der Waals surface area contributed by atoms with E-state index in [9.17, 15) is 0 Å². The Morgan fingerprint density at radius 1 is 1.35 bits per heavy atom. The fourth-order valence-electron chi connectivity index (χ4n) is 1.96. The zero-order valence-corrected chi connectivity index (χ0v) is 12.1. The molecule has 0 saturated heterocycles. The van der Waals surface area contributed by atoms with Crippen LogP contribution in [0.2, 0.25) is 0 Å². The van der Waals surface area contributed by atoms with Gasteiger partial charge in [0.25, 0.3) is 0 Å². The van der Waals surface area contributed by atoms with E-state index in [0.717, 1.165) is 36.5 Å². The van der Waals surface area contributed by atoms with Gasteiger partial charge in [-0.05, 0) is 24.6 Å². The molecular formula is C15H22N4O. The van der Waals surface area contributed by atoms with Gasteiger partial charge in [-0.25, -0.2) is 0 Å². The highest BCUT2D eigenvalue weighted by molar-refractivity contribution is 5.72. The van der Waals surface area contributed by atoms with Crippen molar-refractivity contribution in [1.82, 2.24) is 9.78 Å². The summed E-state index contributed by atoms with van der Waals surface area (Å²) in [5, 5.41) is 7.68. The maximum atomic E-state index is 6.10. The quantitative estimate of drug-likeness (QED) is 0.761. The van der Waals surface area contributed by atoms with Crippen molar-refractivity contribution in [2.45, 2.75) is 19.8 Å². The van der Waals surface area contributed by atoms with E-state index in [1.54, 1.807) is 0 Å². The number of nitrogens with one attached hydrogen (secondary N) is 1. The third-order valence-electron chi connectivity index (χ3n) is 2.99. The molecule has 0 saturated carbocycles. The van der Waals surface area contributed by atoms with Crippen molar-refractivity contribution in [3.63, 3.8) is 0 Å². The zero-order chi connectivity index (χ0) is 14.4. The number of nitrogens with two attached hydrogens (primary N) is 1. The first-order valence-electron chi connectivity index (χ1n) is 6.94. The number of hydrogen-bond acceptors (Lipinski definition) is 4. The second-order valence-corrected chi connectivity index (χ2v) is 4.72. The number of nitrogen functional groups attached to an aromatic ring is 1. The van der Waals surface area contributed by atoms with Crippen molar-refractivity contribution < 1.29 is 4.74 Å². The number of nitrogens with zero attached hydrogens (tertiary/aromatic N) is 2. The molecule has 5 heteroatoms. The molecule has 1 aromatic carbocycles. The van der Waals surface area contributed by atoms with E-state index in [0.29, 0.717) is 12.3 Å². The Balaban J connectivity index is 1.92. The molecule has 0 fully saturated rings. The first-order valence-corrected chi connectivity index (χ1v) is 6.94. The van der Waals surface area contributed by atoms with Gasteiger partial charge in [0.1, 0.15) is 5.75 Å². The first-order chi connectivity index (χ1) is 9.70. The summed E-state index contributed by atoms with van der Waals surface area (Å²) < 4.78 is 7.42. The van der Waals surface area contributed by atoms with Gasteiger partial charge in [0.15, 0.2) is 0 Å². The Bertz CT molecular complexity index is 551. The van der Waals surface area contributed by atoms with E-state index in [2.05, 4.69) is 17.3 Å². The Kier molecular flexibility index (Phi) is 4.87. The van der Waals surface area contributed by atoms with Crippen LogP contribution in [0.5, 0.6) is 5.75 Å². The Hall–Kier alpha value is -2.17. The number of benzene rings is 1. The largest absolute Gasteiger partial charge is 0.491 e. The highest BCUT2D eigenvalue weighted by atomic mass is 16.5. The van der Waals surface area contributed by atoms with Gasteiger partial charge in [-0.1, -0.05) is 13.0 Å². The van der Waals surface area contributed by atoms with Crippen LogP contribution in [0, 0.1) is 0 Å². The molecule has 2 aromatic rings. The van der Waals surface area contributed by atoms with Crippen molar-refractivity contribution in [1.29, 1.82) is 0 Å². The minimum atomic E-state index is 0.668. The van der Waals surface area contributed by atoms with E-state index < -0.39 is 0 Å². The van der Waals surface area contributed by atoms with Gasteiger partial charge in [-0.15, -0.1) is 0 Å². The molecule has 0 aliphatic rings. The summed E-state index contributed by atoms with van der Waals surface area (Å²) in [6.45, 7) is 3.55. The number of rotatable bonds is 7. The highest BCUT2D eigenvalue weighted by Gasteiger charge is 2.05. The number of para-hydroxylation sites is 1. The summed E-state index contributed by atoms with van der Waals surface area (Å²) in [4.78, 5) is 0.